The van der Waals surface area contributed by atoms with Crippen molar-refractivity contribution in [1.82, 2.24) is 4.98 Å². The predicted molar refractivity (Wildman–Crippen MR) is 82.0 cm³/mol. The summed E-state index contributed by atoms with van der Waals surface area (Å²) in [5, 5.41) is 2.62. The minimum atomic E-state index is -0.618. The van der Waals surface area contributed by atoms with E-state index in [-0.39, 0.29) is 5.91 Å². The number of anilines is 1. The fraction of sp³-hybridized carbons (Fsp3) is 0.583. The van der Waals surface area contributed by atoms with Gasteiger partial charge in [-0.05, 0) is 6.92 Å². The molecule has 0 fully saturated rings. The first-order valence-electron chi connectivity index (χ1n) is 6.13. The molecule has 6 nitrogen and oxygen atoms in total. The molecule has 1 amide bonds. The van der Waals surface area contributed by atoms with Crippen molar-refractivity contribution in [3.63, 3.8) is 0 Å². The summed E-state index contributed by atoms with van der Waals surface area (Å²) >= 11 is 2.95. The zero-order chi connectivity index (χ0) is 15.1. The van der Waals surface area contributed by atoms with Gasteiger partial charge in [0.25, 0.3) is 0 Å². The van der Waals surface area contributed by atoms with Crippen LogP contribution in [-0.4, -0.2) is 42.3 Å². The number of nitrogens with zero attached hydrogens (tertiary/aromatic N) is 2. The lowest BCUT2D eigenvalue weighted by molar-refractivity contribution is -0.141. The smallest absolute Gasteiger partial charge is 0.323 e. The maximum Gasteiger partial charge on any atom is 0.323 e. The number of nitrogens with two attached hydrogens (primary N) is 1. The lowest BCUT2D eigenvalue weighted by Crippen LogP contribution is -2.33. The van der Waals surface area contributed by atoms with Crippen LogP contribution < -0.4 is 10.6 Å². The topological polar surface area (TPSA) is 85.5 Å². The molecule has 1 aromatic rings. The van der Waals surface area contributed by atoms with Gasteiger partial charge in [-0.15, -0.1) is 11.3 Å². The molecular formula is C12H19N3O3S2. The van der Waals surface area contributed by atoms with Crippen molar-refractivity contribution >= 4 is 40.1 Å². The molecular weight excluding hydrogens is 298 g/mol. The zero-order valence-electron chi connectivity index (χ0n) is 11.8. The summed E-state index contributed by atoms with van der Waals surface area (Å²) < 4.78 is 4.56. The molecule has 0 aliphatic rings. The first-order valence-corrected chi connectivity index (χ1v) is 8.16. The molecule has 1 aromatic heterocycles. The van der Waals surface area contributed by atoms with Crippen molar-refractivity contribution in [2.45, 2.75) is 25.6 Å². The number of carbonyl (C=O) groups is 2. The van der Waals surface area contributed by atoms with Crippen LogP contribution in [0.4, 0.5) is 5.13 Å². The number of thiazole rings is 1. The second kappa shape index (κ2) is 8.23. The Bertz CT molecular complexity index is 465. The van der Waals surface area contributed by atoms with Gasteiger partial charge in [-0.25, -0.2) is 4.98 Å². The van der Waals surface area contributed by atoms with Crippen molar-refractivity contribution < 1.29 is 14.3 Å². The Labute approximate surface area is 126 Å². The molecule has 0 bridgehead atoms. The normalized spacial score (nSPS) is 12.0. The summed E-state index contributed by atoms with van der Waals surface area (Å²) in [5.41, 5.74) is 6.52. The number of methoxy groups -OCH3 is 1. The van der Waals surface area contributed by atoms with Gasteiger partial charge in [0.1, 0.15) is 6.04 Å². The SMILES string of the molecule is CCN(C(C)=O)c1nc(CSCC(N)C(=O)OC)cs1. The van der Waals surface area contributed by atoms with Gasteiger partial charge in [0, 0.05) is 30.4 Å². The van der Waals surface area contributed by atoms with Crippen LogP contribution in [0, 0.1) is 0 Å². The molecule has 0 spiro atoms. The van der Waals surface area contributed by atoms with Gasteiger partial charge in [0.15, 0.2) is 5.13 Å². The first kappa shape index (κ1) is 16.9. The standard InChI is InChI=1S/C12H19N3O3S2/c1-4-15(8(2)16)12-14-9(6-20-12)5-19-7-10(13)11(17)18-3/h6,10H,4-5,7,13H2,1-3H3. The number of amides is 1. The number of carbonyl (C=O) groups excluding carboxylic acids is 2. The van der Waals surface area contributed by atoms with E-state index in [0.717, 1.165) is 5.69 Å². The summed E-state index contributed by atoms with van der Waals surface area (Å²) in [6, 6.07) is -0.618. The highest BCUT2D eigenvalue weighted by Gasteiger charge is 2.15. The van der Waals surface area contributed by atoms with Gasteiger partial charge in [-0.2, -0.15) is 11.8 Å². The molecule has 0 saturated carbocycles. The summed E-state index contributed by atoms with van der Waals surface area (Å²) in [7, 11) is 1.32. The van der Waals surface area contributed by atoms with E-state index in [1.54, 1.807) is 4.90 Å². The fourth-order valence-corrected chi connectivity index (χ4v) is 3.39. The largest absolute Gasteiger partial charge is 0.468 e. The van der Waals surface area contributed by atoms with Crippen LogP contribution >= 0.6 is 23.1 Å². The molecule has 2 N–H and O–H groups in total. The fourth-order valence-electron chi connectivity index (χ4n) is 1.49. The highest BCUT2D eigenvalue weighted by molar-refractivity contribution is 7.98. The number of esters is 1. The number of rotatable bonds is 7. The van der Waals surface area contributed by atoms with Crippen LogP contribution in [0.15, 0.2) is 5.38 Å². The average Bonchev–Trinajstić information content (AvgIpc) is 2.86. The molecule has 1 unspecified atom stereocenters. The number of aromatic nitrogens is 1. The van der Waals surface area contributed by atoms with Crippen LogP contribution in [0.5, 0.6) is 0 Å². The zero-order valence-corrected chi connectivity index (χ0v) is 13.4. The minimum absolute atomic E-state index is 0.0197. The molecule has 1 rings (SSSR count). The Balaban J connectivity index is 2.48. The van der Waals surface area contributed by atoms with Gasteiger partial charge >= 0.3 is 5.97 Å². The lowest BCUT2D eigenvalue weighted by atomic mass is 10.4. The Morgan fingerprint density at radius 1 is 1.60 bits per heavy atom. The molecule has 1 heterocycles. The highest BCUT2D eigenvalue weighted by Crippen LogP contribution is 2.23. The van der Waals surface area contributed by atoms with E-state index < -0.39 is 12.0 Å². The van der Waals surface area contributed by atoms with Crippen molar-refractivity contribution in [3.05, 3.63) is 11.1 Å². The number of thioether (sulfide) groups is 1. The predicted octanol–water partition coefficient (Wildman–Crippen LogP) is 1.25. The van der Waals surface area contributed by atoms with Crippen LogP contribution in [0.2, 0.25) is 0 Å². The van der Waals surface area contributed by atoms with Crippen molar-refractivity contribution in [3.8, 4) is 0 Å². The first-order chi connectivity index (χ1) is 9.49. The molecule has 112 valence electrons. The van der Waals surface area contributed by atoms with Crippen molar-refractivity contribution in [1.29, 1.82) is 0 Å². The van der Waals surface area contributed by atoms with Crippen LogP contribution in [0.25, 0.3) is 0 Å². The van der Waals surface area contributed by atoms with Crippen LogP contribution in [0.1, 0.15) is 19.5 Å². The quantitative estimate of drug-likeness (QED) is 0.762. The van der Waals surface area contributed by atoms with E-state index >= 15 is 0 Å². The summed E-state index contributed by atoms with van der Waals surface area (Å²) in [5.74, 6) is 0.694. The van der Waals surface area contributed by atoms with Gasteiger partial charge in [-0.1, -0.05) is 0 Å². The van der Waals surface area contributed by atoms with Crippen molar-refractivity contribution in [2.75, 3.05) is 24.3 Å². The van der Waals surface area contributed by atoms with E-state index in [2.05, 4.69) is 9.72 Å². The number of ether oxygens (including phenoxy) is 1. The monoisotopic (exact) mass is 317 g/mol. The minimum Gasteiger partial charge on any atom is -0.468 e. The molecule has 0 aliphatic heterocycles. The molecule has 0 aliphatic carbocycles. The van der Waals surface area contributed by atoms with Gasteiger partial charge in [-0.3, -0.25) is 14.5 Å². The molecule has 20 heavy (non-hydrogen) atoms. The van der Waals surface area contributed by atoms with Crippen LogP contribution in [-0.2, 0) is 20.1 Å². The van der Waals surface area contributed by atoms with E-state index in [0.29, 0.717) is 23.2 Å². The summed E-state index contributed by atoms with van der Waals surface area (Å²) in [6.45, 7) is 4.03. The van der Waals surface area contributed by atoms with Gasteiger partial charge in [0.05, 0.1) is 12.8 Å². The second-order valence-corrected chi connectivity index (χ2v) is 5.90. The Morgan fingerprint density at radius 3 is 2.85 bits per heavy atom. The van der Waals surface area contributed by atoms with Crippen LogP contribution in [0.3, 0.4) is 0 Å². The third-order valence-corrected chi connectivity index (χ3v) is 4.53. The molecule has 0 saturated heterocycles. The second-order valence-electron chi connectivity index (χ2n) is 4.03. The maximum absolute atomic E-state index is 11.4. The molecule has 0 aromatic carbocycles. The molecule has 8 heteroatoms. The third-order valence-electron chi connectivity index (χ3n) is 2.52. The Hall–Kier alpha value is -1.12. The number of hydrogen-bond acceptors (Lipinski definition) is 7. The molecule has 0 radical (unpaired) electrons. The number of hydrogen-bond donors (Lipinski definition) is 1. The van der Waals surface area contributed by atoms with E-state index in [4.69, 9.17) is 5.73 Å². The van der Waals surface area contributed by atoms with Crippen molar-refractivity contribution in [2.24, 2.45) is 5.73 Å². The summed E-state index contributed by atoms with van der Waals surface area (Å²) in [4.78, 5) is 28.6. The van der Waals surface area contributed by atoms with E-state index in [1.165, 1.54) is 37.1 Å². The molecule has 1 atom stereocenters. The van der Waals surface area contributed by atoms with Gasteiger partial charge < -0.3 is 10.5 Å². The third kappa shape index (κ3) is 4.77. The summed E-state index contributed by atoms with van der Waals surface area (Å²) in [6.07, 6.45) is 0. The maximum atomic E-state index is 11.4. The average molecular weight is 317 g/mol. The van der Waals surface area contributed by atoms with E-state index in [9.17, 15) is 9.59 Å². The highest BCUT2D eigenvalue weighted by atomic mass is 32.2. The van der Waals surface area contributed by atoms with E-state index in [1.807, 2.05) is 12.3 Å². The van der Waals surface area contributed by atoms with Gasteiger partial charge in [0.2, 0.25) is 5.91 Å². The lowest BCUT2D eigenvalue weighted by Gasteiger charge is -2.14. The Morgan fingerprint density at radius 2 is 2.30 bits per heavy atom. The Kier molecular flexibility index (Phi) is 6.97.